The predicted octanol–water partition coefficient (Wildman–Crippen LogP) is 4.56. The number of rotatable bonds is 3. The highest BCUT2D eigenvalue weighted by Crippen LogP contribution is 2.32. The summed E-state index contributed by atoms with van der Waals surface area (Å²) in [4.78, 5) is 23.7. The van der Waals surface area contributed by atoms with E-state index < -0.39 is 11.6 Å². The van der Waals surface area contributed by atoms with E-state index in [1.165, 1.54) is 0 Å². The van der Waals surface area contributed by atoms with E-state index in [9.17, 15) is 14.7 Å². The number of esters is 1. The quantitative estimate of drug-likeness (QED) is 0.824. The molecule has 0 saturated heterocycles. The van der Waals surface area contributed by atoms with Gasteiger partial charge in [-0.2, -0.15) is 0 Å². The molecule has 0 aromatic heterocycles. The van der Waals surface area contributed by atoms with Crippen molar-refractivity contribution in [2.75, 3.05) is 0 Å². The molecule has 2 aromatic carbocycles. The number of carboxylic acid groups (broad SMARTS) is 1. The molecule has 1 N–H and O–H groups in total. The molecule has 0 aliphatic heterocycles. The monoisotopic (exact) mass is 350 g/mol. The van der Waals surface area contributed by atoms with E-state index >= 15 is 0 Å². The standard InChI is InChI=1S/C22H22O4/c1-22(2,3)26-21(25)16-9-8-14-10-15-6-4-5-7-19(15)18(13-20(23)24)12-17(14)11-16/h4-9,11-12H,10,13H2,1-3H3,(H,23,24). The van der Waals surface area contributed by atoms with E-state index in [1.807, 2.05) is 57.2 Å². The van der Waals surface area contributed by atoms with Crippen LogP contribution in [0.25, 0.3) is 11.6 Å². The Hall–Kier alpha value is -2.88. The summed E-state index contributed by atoms with van der Waals surface area (Å²) < 4.78 is 5.45. The van der Waals surface area contributed by atoms with Crippen molar-refractivity contribution in [1.29, 1.82) is 0 Å². The van der Waals surface area contributed by atoms with Crippen molar-refractivity contribution >= 4 is 23.6 Å². The first kappa shape index (κ1) is 17.9. The van der Waals surface area contributed by atoms with Gasteiger partial charge in [-0.05, 0) is 67.2 Å². The maximum atomic E-state index is 12.4. The second kappa shape index (κ2) is 6.79. The average molecular weight is 350 g/mol. The number of carboxylic acids is 1. The van der Waals surface area contributed by atoms with Crippen LogP contribution in [0.5, 0.6) is 0 Å². The van der Waals surface area contributed by atoms with Gasteiger partial charge in [0.15, 0.2) is 0 Å². The maximum Gasteiger partial charge on any atom is 0.338 e. The molecule has 0 atom stereocenters. The third kappa shape index (κ3) is 4.02. The summed E-state index contributed by atoms with van der Waals surface area (Å²) in [5, 5.41) is 9.29. The molecule has 0 radical (unpaired) electrons. The van der Waals surface area contributed by atoms with E-state index in [4.69, 9.17) is 4.74 Å². The average Bonchev–Trinajstić information content (AvgIpc) is 2.68. The normalized spacial score (nSPS) is 13.1. The second-order valence-electron chi connectivity index (χ2n) is 7.49. The molecule has 0 spiro atoms. The molecule has 1 aliphatic carbocycles. The van der Waals surface area contributed by atoms with Crippen LogP contribution < -0.4 is 0 Å². The molecule has 0 saturated carbocycles. The van der Waals surface area contributed by atoms with Gasteiger partial charge in [-0.25, -0.2) is 4.79 Å². The van der Waals surface area contributed by atoms with E-state index in [-0.39, 0.29) is 12.4 Å². The topological polar surface area (TPSA) is 63.6 Å². The third-order valence-corrected chi connectivity index (χ3v) is 4.20. The smallest absolute Gasteiger partial charge is 0.338 e. The molecule has 0 fully saturated rings. The van der Waals surface area contributed by atoms with E-state index in [0.717, 1.165) is 27.8 Å². The van der Waals surface area contributed by atoms with Gasteiger partial charge in [-0.1, -0.05) is 36.4 Å². The van der Waals surface area contributed by atoms with Gasteiger partial charge < -0.3 is 9.84 Å². The Bertz CT molecular complexity index is 901. The fraction of sp³-hybridized carbons (Fsp3) is 0.273. The number of hydrogen-bond acceptors (Lipinski definition) is 3. The number of hydrogen-bond donors (Lipinski definition) is 1. The molecule has 0 bridgehead atoms. The van der Waals surface area contributed by atoms with Gasteiger partial charge in [-0.15, -0.1) is 0 Å². The summed E-state index contributed by atoms with van der Waals surface area (Å²) in [6.45, 7) is 5.49. The van der Waals surface area contributed by atoms with Gasteiger partial charge in [0.25, 0.3) is 0 Å². The van der Waals surface area contributed by atoms with Crippen molar-refractivity contribution in [3.63, 3.8) is 0 Å². The van der Waals surface area contributed by atoms with Crippen LogP contribution in [0.4, 0.5) is 0 Å². The van der Waals surface area contributed by atoms with E-state index in [0.29, 0.717) is 12.0 Å². The summed E-state index contributed by atoms with van der Waals surface area (Å²) in [6, 6.07) is 13.3. The molecule has 0 heterocycles. The van der Waals surface area contributed by atoms with Crippen molar-refractivity contribution in [2.24, 2.45) is 0 Å². The lowest BCUT2D eigenvalue weighted by molar-refractivity contribution is -0.135. The SMILES string of the molecule is CC(C)(C)OC(=O)c1ccc2c(c1)C=C(CC(=O)O)c1ccccc1C2. The Morgan fingerprint density at radius 3 is 2.50 bits per heavy atom. The molecule has 4 heteroatoms. The van der Waals surface area contributed by atoms with Crippen LogP contribution in [0.2, 0.25) is 0 Å². The van der Waals surface area contributed by atoms with Crippen molar-refractivity contribution in [3.8, 4) is 0 Å². The second-order valence-corrected chi connectivity index (χ2v) is 7.49. The fourth-order valence-electron chi connectivity index (χ4n) is 3.12. The minimum Gasteiger partial charge on any atom is -0.481 e. The zero-order valence-corrected chi connectivity index (χ0v) is 15.2. The number of carbonyl (C=O) groups is 2. The van der Waals surface area contributed by atoms with Gasteiger partial charge in [-0.3, -0.25) is 4.79 Å². The summed E-state index contributed by atoms with van der Waals surface area (Å²) in [7, 11) is 0. The zero-order chi connectivity index (χ0) is 18.9. The third-order valence-electron chi connectivity index (χ3n) is 4.20. The minimum absolute atomic E-state index is 0.0624. The largest absolute Gasteiger partial charge is 0.481 e. The molecule has 26 heavy (non-hydrogen) atoms. The van der Waals surface area contributed by atoms with Crippen LogP contribution in [0.1, 0.15) is 59.8 Å². The Labute approximate surface area is 153 Å². The van der Waals surface area contributed by atoms with Crippen LogP contribution in [0.15, 0.2) is 42.5 Å². The van der Waals surface area contributed by atoms with Crippen LogP contribution in [0, 0.1) is 0 Å². The lowest BCUT2D eigenvalue weighted by Crippen LogP contribution is -2.23. The summed E-state index contributed by atoms with van der Waals surface area (Å²) in [5.74, 6) is -1.26. The fourth-order valence-corrected chi connectivity index (χ4v) is 3.12. The van der Waals surface area contributed by atoms with Gasteiger partial charge in [0, 0.05) is 0 Å². The Kier molecular flexibility index (Phi) is 4.68. The van der Waals surface area contributed by atoms with Crippen LogP contribution >= 0.6 is 0 Å². The lowest BCUT2D eigenvalue weighted by atomic mass is 9.96. The van der Waals surface area contributed by atoms with E-state index in [2.05, 4.69) is 0 Å². The highest BCUT2D eigenvalue weighted by Gasteiger charge is 2.21. The van der Waals surface area contributed by atoms with Crippen LogP contribution in [-0.4, -0.2) is 22.6 Å². The van der Waals surface area contributed by atoms with E-state index in [1.54, 1.807) is 12.1 Å². The summed E-state index contributed by atoms with van der Waals surface area (Å²) in [5.41, 5.74) is 4.60. The molecule has 1 aliphatic rings. The molecule has 4 nitrogen and oxygen atoms in total. The number of fused-ring (bicyclic) bond motifs is 2. The highest BCUT2D eigenvalue weighted by molar-refractivity contribution is 5.96. The Morgan fingerprint density at radius 2 is 1.81 bits per heavy atom. The molecular weight excluding hydrogens is 328 g/mol. The Balaban J connectivity index is 2.06. The lowest BCUT2D eigenvalue weighted by Gasteiger charge is -2.19. The van der Waals surface area contributed by atoms with Gasteiger partial charge in [0.2, 0.25) is 0 Å². The highest BCUT2D eigenvalue weighted by atomic mass is 16.6. The van der Waals surface area contributed by atoms with Gasteiger partial charge in [0.1, 0.15) is 5.60 Å². The first-order chi connectivity index (χ1) is 12.2. The zero-order valence-electron chi connectivity index (χ0n) is 15.2. The van der Waals surface area contributed by atoms with Crippen molar-refractivity contribution in [1.82, 2.24) is 0 Å². The van der Waals surface area contributed by atoms with Crippen LogP contribution in [0.3, 0.4) is 0 Å². The number of ether oxygens (including phenoxy) is 1. The number of aliphatic carboxylic acids is 1. The molecular formula is C22H22O4. The van der Waals surface area contributed by atoms with Crippen molar-refractivity contribution in [3.05, 3.63) is 70.3 Å². The predicted molar refractivity (Wildman–Crippen MR) is 101 cm³/mol. The first-order valence-electron chi connectivity index (χ1n) is 8.60. The first-order valence-corrected chi connectivity index (χ1v) is 8.60. The van der Waals surface area contributed by atoms with Gasteiger partial charge >= 0.3 is 11.9 Å². The number of carbonyl (C=O) groups excluding carboxylic acids is 1. The van der Waals surface area contributed by atoms with Crippen molar-refractivity contribution < 1.29 is 19.4 Å². The molecule has 134 valence electrons. The van der Waals surface area contributed by atoms with Crippen LogP contribution in [-0.2, 0) is 16.0 Å². The van der Waals surface area contributed by atoms with Gasteiger partial charge in [0.05, 0.1) is 12.0 Å². The molecule has 0 amide bonds. The molecule has 3 rings (SSSR count). The minimum atomic E-state index is -0.877. The number of benzene rings is 2. The Morgan fingerprint density at radius 1 is 1.08 bits per heavy atom. The maximum absolute atomic E-state index is 12.4. The summed E-state index contributed by atoms with van der Waals surface area (Å²) in [6.07, 6.45) is 2.51. The molecule has 2 aromatic rings. The summed E-state index contributed by atoms with van der Waals surface area (Å²) >= 11 is 0. The van der Waals surface area contributed by atoms with Crippen molar-refractivity contribution in [2.45, 2.75) is 39.2 Å². The molecule has 0 unspecified atom stereocenters.